The van der Waals surface area contributed by atoms with E-state index in [1.807, 2.05) is 37.4 Å². The van der Waals surface area contributed by atoms with Gasteiger partial charge in [0.25, 0.3) is 5.91 Å². The van der Waals surface area contributed by atoms with Gasteiger partial charge in [0.15, 0.2) is 0 Å². The normalized spacial score (nSPS) is 18.4. The Labute approximate surface area is 142 Å². The highest BCUT2D eigenvalue weighted by Gasteiger charge is 2.28. The number of carbonyl (C=O) groups is 2. The molecule has 0 saturated carbocycles. The summed E-state index contributed by atoms with van der Waals surface area (Å²) < 4.78 is 7.56. The summed E-state index contributed by atoms with van der Waals surface area (Å²) in [6.45, 7) is 8.25. The molecule has 2 N–H and O–H groups in total. The van der Waals surface area contributed by atoms with Gasteiger partial charge in [-0.1, -0.05) is 0 Å². The molecule has 8 heteroatoms. The van der Waals surface area contributed by atoms with Crippen LogP contribution in [0.1, 0.15) is 35.9 Å². The van der Waals surface area contributed by atoms with E-state index in [1.54, 1.807) is 11.1 Å². The van der Waals surface area contributed by atoms with Gasteiger partial charge in [-0.15, -0.1) is 0 Å². The molecule has 0 aliphatic carbocycles. The summed E-state index contributed by atoms with van der Waals surface area (Å²) >= 11 is 0. The Morgan fingerprint density at radius 1 is 1.50 bits per heavy atom. The summed E-state index contributed by atoms with van der Waals surface area (Å²) in [6, 6.07) is 0.214. The second-order valence-electron chi connectivity index (χ2n) is 6.59. The molecule has 1 aromatic rings. The van der Waals surface area contributed by atoms with Gasteiger partial charge < -0.3 is 15.4 Å². The van der Waals surface area contributed by atoms with E-state index in [0.29, 0.717) is 31.8 Å². The Hall–Kier alpha value is -1.93. The third-order valence-electron chi connectivity index (χ3n) is 4.13. The molecule has 1 aliphatic rings. The van der Waals surface area contributed by atoms with Crippen molar-refractivity contribution in [1.29, 1.82) is 0 Å². The predicted molar refractivity (Wildman–Crippen MR) is 89.7 cm³/mol. The van der Waals surface area contributed by atoms with Crippen molar-refractivity contribution in [2.45, 2.75) is 32.9 Å². The molecule has 2 rings (SSSR count). The lowest BCUT2D eigenvalue weighted by molar-refractivity contribution is -0.119. The van der Waals surface area contributed by atoms with Gasteiger partial charge in [0.05, 0.1) is 31.0 Å². The molecule has 134 valence electrons. The van der Waals surface area contributed by atoms with E-state index in [-0.39, 0.29) is 30.5 Å². The third kappa shape index (κ3) is 4.33. The molecular weight excluding hydrogens is 310 g/mol. The third-order valence-corrected chi connectivity index (χ3v) is 4.13. The van der Waals surface area contributed by atoms with Gasteiger partial charge in [0, 0.05) is 31.4 Å². The summed E-state index contributed by atoms with van der Waals surface area (Å²) in [5, 5.41) is 4.31. The Morgan fingerprint density at radius 3 is 2.79 bits per heavy atom. The van der Waals surface area contributed by atoms with Gasteiger partial charge in [-0.3, -0.25) is 19.2 Å². The molecule has 1 aromatic heterocycles. The number of aromatic nitrogens is 2. The number of nitrogens with zero attached hydrogens (tertiary/aromatic N) is 4. The van der Waals surface area contributed by atoms with E-state index in [0.717, 1.165) is 5.69 Å². The minimum absolute atomic E-state index is 0.0229. The van der Waals surface area contributed by atoms with Crippen molar-refractivity contribution in [3.8, 4) is 0 Å². The van der Waals surface area contributed by atoms with Crippen LogP contribution in [-0.2, 0) is 9.53 Å². The van der Waals surface area contributed by atoms with Crippen molar-refractivity contribution < 1.29 is 14.3 Å². The summed E-state index contributed by atoms with van der Waals surface area (Å²) in [6.07, 6.45) is 1.51. The van der Waals surface area contributed by atoms with Crippen molar-refractivity contribution in [3.05, 3.63) is 17.5 Å². The number of hydrogen-bond donors (Lipinski definition) is 1. The van der Waals surface area contributed by atoms with Crippen LogP contribution in [-0.4, -0.2) is 77.3 Å². The van der Waals surface area contributed by atoms with Crippen LogP contribution in [0.4, 0.5) is 0 Å². The molecule has 1 fully saturated rings. The quantitative estimate of drug-likeness (QED) is 0.790. The molecule has 24 heavy (non-hydrogen) atoms. The Morgan fingerprint density at radius 2 is 2.21 bits per heavy atom. The van der Waals surface area contributed by atoms with E-state index in [4.69, 9.17) is 10.5 Å². The van der Waals surface area contributed by atoms with Crippen molar-refractivity contribution >= 4 is 11.8 Å². The maximum Gasteiger partial charge on any atom is 0.257 e. The highest BCUT2D eigenvalue weighted by molar-refractivity contribution is 5.95. The number of carbonyl (C=O) groups excluding carboxylic acids is 2. The van der Waals surface area contributed by atoms with Crippen LogP contribution in [0.2, 0.25) is 0 Å². The zero-order valence-corrected chi connectivity index (χ0v) is 14.9. The molecule has 2 amide bonds. The number of nitrogens with two attached hydrogens (primary N) is 1. The monoisotopic (exact) mass is 337 g/mol. The topological polar surface area (TPSA) is 93.7 Å². The molecule has 8 nitrogen and oxygen atoms in total. The molecule has 1 atom stereocenters. The molecule has 0 spiro atoms. The molecule has 0 radical (unpaired) electrons. The summed E-state index contributed by atoms with van der Waals surface area (Å²) in [5.74, 6) is -0.400. The Balaban J connectivity index is 2.01. The van der Waals surface area contributed by atoms with E-state index >= 15 is 0 Å². The fourth-order valence-corrected chi connectivity index (χ4v) is 3.02. The largest absolute Gasteiger partial charge is 0.373 e. The molecule has 0 bridgehead atoms. The standard InChI is InChI=1S/C16H27N5O3/c1-11(2)21-12(3)14(7-18-21)16(23)20-5-6-24-13(9-20)8-19(4)10-15(17)22/h7,11,13H,5-6,8-10H2,1-4H3,(H2,17,22). The number of ether oxygens (including phenoxy) is 1. The second-order valence-corrected chi connectivity index (χ2v) is 6.59. The van der Waals surface area contributed by atoms with Crippen molar-refractivity contribution in [1.82, 2.24) is 19.6 Å². The van der Waals surface area contributed by atoms with Crippen LogP contribution in [0.25, 0.3) is 0 Å². The minimum Gasteiger partial charge on any atom is -0.373 e. The second kappa shape index (κ2) is 7.76. The first-order valence-corrected chi connectivity index (χ1v) is 8.21. The van der Waals surface area contributed by atoms with E-state index in [1.165, 1.54) is 0 Å². The highest BCUT2D eigenvalue weighted by Crippen LogP contribution is 2.17. The fraction of sp³-hybridized carbons (Fsp3) is 0.688. The zero-order valence-electron chi connectivity index (χ0n) is 14.9. The summed E-state index contributed by atoms with van der Waals surface area (Å²) in [5.41, 5.74) is 6.71. The van der Waals surface area contributed by atoms with Gasteiger partial charge in [-0.05, 0) is 27.8 Å². The number of morpholine rings is 1. The number of likely N-dealkylation sites (N-methyl/N-ethyl adjacent to an activating group) is 1. The maximum atomic E-state index is 12.8. The van der Waals surface area contributed by atoms with Crippen LogP contribution < -0.4 is 5.73 Å². The first-order chi connectivity index (χ1) is 11.3. The number of primary amides is 1. The predicted octanol–water partition coefficient (Wildman–Crippen LogP) is 0.0305. The van der Waals surface area contributed by atoms with Gasteiger partial charge in [-0.25, -0.2) is 0 Å². The fourth-order valence-electron chi connectivity index (χ4n) is 3.02. The van der Waals surface area contributed by atoms with Gasteiger partial charge in [0.2, 0.25) is 5.91 Å². The molecular formula is C16H27N5O3. The zero-order chi connectivity index (χ0) is 17.9. The number of hydrogen-bond acceptors (Lipinski definition) is 5. The molecule has 1 unspecified atom stereocenters. The average Bonchev–Trinajstić information content (AvgIpc) is 2.87. The summed E-state index contributed by atoms with van der Waals surface area (Å²) in [7, 11) is 1.81. The smallest absolute Gasteiger partial charge is 0.257 e. The van der Waals surface area contributed by atoms with E-state index < -0.39 is 0 Å². The molecule has 1 saturated heterocycles. The van der Waals surface area contributed by atoms with Crippen LogP contribution >= 0.6 is 0 Å². The van der Waals surface area contributed by atoms with Gasteiger partial charge in [0.1, 0.15) is 0 Å². The van der Waals surface area contributed by atoms with Crippen LogP contribution in [0.15, 0.2) is 6.20 Å². The SMILES string of the molecule is Cc1c(C(=O)N2CCOC(CN(C)CC(N)=O)C2)cnn1C(C)C. The lowest BCUT2D eigenvalue weighted by Crippen LogP contribution is -2.50. The maximum absolute atomic E-state index is 12.8. The molecule has 1 aliphatic heterocycles. The Bertz CT molecular complexity index is 599. The van der Waals surface area contributed by atoms with Crippen molar-refractivity contribution in [2.24, 2.45) is 5.73 Å². The van der Waals surface area contributed by atoms with E-state index in [9.17, 15) is 9.59 Å². The molecule has 0 aromatic carbocycles. The van der Waals surface area contributed by atoms with Crippen molar-refractivity contribution in [2.75, 3.05) is 39.8 Å². The minimum atomic E-state index is -0.377. The lowest BCUT2D eigenvalue weighted by atomic mass is 10.2. The first kappa shape index (κ1) is 18.4. The average molecular weight is 337 g/mol. The molecule has 2 heterocycles. The number of rotatable bonds is 6. The first-order valence-electron chi connectivity index (χ1n) is 8.21. The van der Waals surface area contributed by atoms with Crippen LogP contribution in [0.3, 0.4) is 0 Å². The lowest BCUT2D eigenvalue weighted by Gasteiger charge is -2.34. The van der Waals surface area contributed by atoms with Crippen LogP contribution in [0.5, 0.6) is 0 Å². The van der Waals surface area contributed by atoms with Gasteiger partial charge in [-0.2, -0.15) is 5.10 Å². The summed E-state index contributed by atoms with van der Waals surface area (Å²) in [4.78, 5) is 27.4. The van der Waals surface area contributed by atoms with Gasteiger partial charge >= 0.3 is 0 Å². The Kier molecular flexibility index (Phi) is 5.95. The van der Waals surface area contributed by atoms with Crippen LogP contribution in [0, 0.1) is 6.92 Å². The highest BCUT2D eigenvalue weighted by atomic mass is 16.5. The number of amides is 2. The van der Waals surface area contributed by atoms with Crippen molar-refractivity contribution in [3.63, 3.8) is 0 Å². The van der Waals surface area contributed by atoms with E-state index in [2.05, 4.69) is 5.10 Å².